The second-order valence-electron chi connectivity index (χ2n) is 5.08. The second-order valence-corrected chi connectivity index (χ2v) is 5.52. The van der Waals surface area contributed by atoms with Crippen molar-refractivity contribution in [3.05, 3.63) is 62.7 Å². The second kappa shape index (κ2) is 7.63. The number of aryl methyl sites for hydroxylation is 1. The number of amides is 1. The van der Waals surface area contributed by atoms with Gasteiger partial charge in [0.15, 0.2) is 6.61 Å². The van der Waals surface area contributed by atoms with Crippen molar-refractivity contribution in [3.63, 3.8) is 0 Å². The molecule has 0 aliphatic heterocycles. The molecule has 1 amide bonds. The molecule has 8 nitrogen and oxygen atoms in total. The third-order valence-corrected chi connectivity index (χ3v) is 3.54. The van der Waals surface area contributed by atoms with Crippen molar-refractivity contribution in [2.24, 2.45) is 0 Å². The Morgan fingerprint density at radius 3 is 2.72 bits per heavy atom. The van der Waals surface area contributed by atoms with Crippen LogP contribution in [0.1, 0.15) is 15.9 Å². The van der Waals surface area contributed by atoms with E-state index in [2.05, 4.69) is 5.32 Å². The molecule has 0 saturated heterocycles. The molecule has 0 saturated carbocycles. The van der Waals surface area contributed by atoms with Gasteiger partial charge < -0.3 is 15.8 Å². The minimum absolute atomic E-state index is 0.0892. The first-order chi connectivity index (χ1) is 11.8. The van der Waals surface area contributed by atoms with Crippen molar-refractivity contribution in [2.45, 2.75) is 6.92 Å². The molecule has 0 aromatic heterocycles. The van der Waals surface area contributed by atoms with Crippen LogP contribution in [0, 0.1) is 17.0 Å². The highest BCUT2D eigenvalue weighted by molar-refractivity contribution is 6.31. The number of nitro benzene ring substituents is 1. The first kappa shape index (κ1) is 18.2. The number of para-hydroxylation sites is 1. The Labute approximate surface area is 147 Å². The molecule has 0 aliphatic carbocycles. The van der Waals surface area contributed by atoms with Gasteiger partial charge in [-0.25, -0.2) is 4.79 Å². The largest absolute Gasteiger partial charge is 0.452 e. The third kappa shape index (κ3) is 4.45. The Morgan fingerprint density at radius 2 is 2.04 bits per heavy atom. The topological polar surface area (TPSA) is 125 Å². The van der Waals surface area contributed by atoms with Gasteiger partial charge >= 0.3 is 5.97 Å². The van der Waals surface area contributed by atoms with Crippen LogP contribution in [0.3, 0.4) is 0 Å². The maximum atomic E-state index is 12.0. The van der Waals surface area contributed by atoms with Crippen molar-refractivity contribution >= 4 is 40.5 Å². The van der Waals surface area contributed by atoms with Gasteiger partial charge in [-0.05, 0) is 30.7 Å². The first-order valence-electron chi connectivity index (χ1n) is 7.05. The summed E-state index contributed by atoms with van der Waals surface area (Å²) in [6, 6.07) is 8.57. The van der Waals surface area contributed by atoms with Gasteiger partial charge in [0.2, 0.25) is 0 Å². The first-order valence-corrected chi connectivity index (χ1v) is 7.43. The molecule has 0 heterocycles. The quantitative estimate of drug-likeness (QED) is 0.364. The number of rotatable bonds is 5. The van der Waals surface area contributed by atoms with Gasteiger partial charge in [0.1, 0.15) is 5.69 Å². The molecule has 2 rings (SSSR count). The summed E-state index contributed by atoms with van der Waals surface area (Å²) >= 11 is 5.77. The molecule has 130 valence electrons. The summed E-state index contributed by atoms with van der Waals surface area (Å²) in [6.45, 7) is 1.10. The van der Waals surface area contributed by atoms with Gasteiger partial charge in [0.25, 0.3) is 11.6 Å². The summed E-state index contributed by atoms with van der Waals surface area (Å²) in [4.78, 5) is 34.2. The van der Waals surface area contributed by atoms with Crippen molar-refractivity contribution in [3.8, 4) is 0 Å². The van der Waals surface area contributed by atoms with E-state index in [4.69, 9.17) is 22.1 Å². The third-order valence-electron chi connectivity index (χ3n) is 3.31. The monoisotopic (exact) mass is 363 g/mol. The number of benzene rings is 2. The van der Waals surface area contributed by atoms with E-state index >= 15 is 0 Å². The number of hydrogen-bond donors (Lipinski definition) is 2. The number of nitrogens with one attached hydrogen (secondary N) is 1. The lowest BCUT2D eigenvalue weighted by molar-refractivity contribution is -0.383. The van der Waals surface area contributed by atoms with Gasteiger partial charge in [-0.1, -0.05) is 23.7 Å². The van der Waals surface area contributed by atoms with Crippen LogP contribution in [0.4, 0.5) is 17.1 Å². The fourth-order valence-corrected chi connectivity index (χ4v) is 2.19. The number of carbonyl (C=O) groups excluding carboxylic acids is 2. The molecule has 2 aromatic carbocycles. The van der Waals surface area contributed by atoms with Crippen LogP contribution in [-0.2, 0) is 9.53 Å². The standard InChI is InChI=1S/C16H14ClN3O5/c1-9-3-2-4-11(15(9)18)16(22)25-8-14(21)19-12-7-10(17)5-6-13(12)20(23)24/h2-7H,8,18H2,1H3,(H,19,21). The van der Waals surface area contributed by atoms with E-state index in [1.54, 1.807) is 19.1 Å². The molecule has 0 fully saturated rings. The normalized spacial score (nSPS) is 10.2. The van der Waals surface area contributed by atoms with Crippen LogP contribution < -0.4 is 11.1 Å². The Balaban J connectivity index is 2.04. The molecule has 0 atom stereocenters. The predicted octanol–water partition coefficient (Wildman–Crippen LogP) is 2.93. The zero-order valence-electron chi connectivity index (χ0n) is 13.1. The summed E-state index contributed by atoms with van der Waals surface area (Å²) in [5.41, 5.74) is 6.48. The molecule has 0 radical (unpaired) electrons. The van der Waals surface area contributed by atoms with E-state index in [1.165, 1.54) is 18.2 Å². The van der Waals surface area contributed by atoms with Crippen molar-refractivity contribution in [1.29, 1.82) is 0 Å². The smallest absolute Gasteiger partial charge is 0.340 e. The van der Waals surface area contributed by atoms with E-state index in [9.17, 15) is 19.7 Å². The predicted molar refractivity (Wildman–Crippen MR) is 92.6 cm³/mol. The average molecular weight is 364 g/mol. The zero-order valence-corrected chi connectivity index (χ0v) is 13.9. The number of nitro groups is 1. The summed E-state index contributed by atoms with van der Waals surface area (Å²) < 4.78 is 4.89. The molecule has 0 spiro atoms. The number of nitrogen functional groups attached to an aromatic ring is 1. The highest BCUT2D eigenvalue weighted by Crippen LogP contribution is 2.27. The summed E-state index contributed by atoms with van der Waals surface area (Å²) in [7, 11) is 0. The molecular weight excluding hydrogens is 350 g/mol. The number of ether oxygens (including phenoxy) is 1. The minimum atomic E-state index is -0.767. The molecule has 3 N–H and O–H groups in total. The lowest BCUT2D eigenvalue weighted by Crippen LogP contribution is -2.22. The Hall–Kier alpha value is -3.13. The highest BCUT2D eigenvalue weighted by Gasteiger charge is 2.18. The molecule has 9 heteroatoms. The Bertz CT molecular complexity index is 854. The van der Waals surface area contributed by atoms with Crippen LogP contribution >= 0.6 is 11.6 Å². The molecule has 0 aliphatic rings. The molecule has 2 aromatic rings. The number of halogens is 1. The number of nitrogens with zero attached hydrogens (tertiary/aromatic N) is 1. The van der Waals surface area contributed by atoms with Crippen molar-refractivity contribution < 1.29 is 19.2 Å². The highest BCUT2D eigenvalue weighted by atomic mass is 35.5. The minimum Gasteiger partial charge on any atom is -0.452 e. The van der Waals surface area contributed by atoms with Crippen molar-refractivity contribution in [1.82, 2.24) is 0 Å². The number of anilines is 2. The van der Waals surface area contributed by atoms with Crippen LogP contribution in [-0.4, -0.2) is 23.4 Å². The van der Waals surface area contributed by atoms with Crippen LogP contribution in [0.25, 0.3) is 0 Å². The summed E-state index contributed by atoms with van der Waals surface area (Å²) in [5, 5.41) is 13.5. The van der Waals surface area contributed by atoms with Crippen LogP contribution in [0.2, 0.25) is 5.02 Å². The molecule has 0 unspecified atom stereocenters. The lowest BCUT2D eigenvalue weighted by Gasteiger charge is -2.09. The maximum absolute atomic E-state index is 12.0. The molecule has 0 bridgehead atoms. The van der Waals surface area contributed by atoms with E-state index in [1.807, 2.05) is 0 Å². The lowest BCUT2D eigenvalue weighted by atomic mass is 10.1. The summed E-state index contributed by atoms with van der Waals surface area (Å²) in [6.07, 6.45) is 0. The summed E-state index contributed by atoms with van der Waals surface area (Å²) in [5.74, 6) is -1.51. The van der Waals surface area contributed by atoms with Crippen LogP contribution in [0.15, 0.2) is 36.4 Å². The van der Waals surface area contributed by atoms with Crippen LogP contribution in [0.5, 0.6) is 0 Å². The Kier molecular flexibility index (Phi) is 5.56. The number of hydrogen-bond acceptors (Lipinski definition) is 6. The molecular formula is C16H14ClN3O5. The number of esters is 1. The number of carbonyl (C=O) groups is 2. The SMILES string of the molecule is Cc1cccc(C(=O)OCC(=O)Nc2cc(Cl)ccc2[N+](=O)[O-])c1N. The number of nitrogens with two attached hydrogens (primary N) is 1. The van der Waals surface area contributed by atoms with E-state index < -0.39 is 23.4 Å². The van der Waals surface area contributed by atoms with E-state index in [0.717, 1.165) is 6.07 Å². The Morgan fingerprint density at radius 1 is 1.32 bits per heavy atom. The fourth-order valence-electron chi connectivity index (χ4n) is 2.02. The average Bonchev–Trinajstić information content (AvgIpc) is 2.55. The maximum Gasteiger partial charge on any atom is 0.340 e. The zero-order chi connectivity index (χ0) is 18.6. The van der Waals surface area contributed by atoms with Gasteiger partial charge in [0, 0.05) is 16.8 Å². The molecule has 25 heavy (non-hydrogen) atoms. The van der Waals surface area contributed by atoms with Gasteiger partial charge in [-0.2, -0.15) is 0 Å². The van der Waals surface area contributed by atoms with Crippen molar-refractivity contribution in [2.75, 3.05) is 17.7 Å². The van der Waals surface area contributed by atoms with E-state index in [0.29, 0.717) is 5.56 Å². The van der Waals surface area contributed by atoms with E-state index in [-0.39, 0.29) is 27.6 Å². The van der Waals surface area contributed by atoms with Gasteiger partial charge in [-0.15, -0.1) is 0 Å². The van der Waals surface area contributed by atoms with Gasteiger partial charge in [0.05, 0.1) is 10.5 Å². The van der Waals surface area contributed by atoms with Gasteiger partial charge in [-0.3, -0.25) is 14.9 Å². The fraction of sp³-hybridized carbons (Fsp3) is 0.125.